The van der Waals surface area contributed by atoms with Gasteiger partial charge in [-0.05, 0) is 109 Å². The maximum atomic E-state index is 12.9. The number of unbranched alkanes of at least 4 members (excludes halogenated alkanes) is 29. The molecule has 408 valence electrons. The number of esters is 3. The number of carbonyl (C=O) groups excluding carboxylic acids is 3. The van der Waals surface area contributed by atoms with Crippen molar-refractivity contribution >= 4 is 17.9 Å². The molecule has 0 amide bonds. The Kier molecular flexibility index (Phi) is 56.3. The standard InChI is InChI=1S/C65H112O6/c1-4-7-10-13-16-19-22-25-28-30-32-34-37-40-43-46-49-52-55-58-64(67)70-61-62(60-69-63(66)57-54-51-48-45-42-39-36-27-24-21-18-15-12-9-6-3)71-65(68)59-56-53-50-47-44-41-38-35-33-31-29-26-23-20-17-14-11-8-5-2/h7-8,10-11,16-17,19-21,24-26,28-29,62H,4-6,9,12-15,18,22-23,27,30-61H2,1-3H3/b10-7-,11-8-,19-16-,20-17-,24-21-,28-25-,29-26-. The fraction of sp³-hybridized carbons (Fsp3) is 0.738. The first kappa shape index (κ1) is 67.6. The van der Waals surface area contributed by atoms with Crippen LogP contribution in [0, 0.1) is 0 Å². The van der Waals surface area contributed by atoms with Gasteiger partial charge in [-0.25, -0.2) is 0 Å². The van der Waals surface area contributed by atoms with E-state index in [0.717, 1.165) is 96.3 Å². The summed E-state index contributed by atoms with van der Waals surface area (Å²) in [4.78, 5) is 38.3. The Balaban J connectivity index is 4.39. The van der Waals surface area contributed by atoms with Crippen LogP contribution in [0.3, 0.4) is 0 Å². The molecule has 1 unspecified atom stereocenters. The highest BCUT2D eigenvalue weighted by molar-refractivity contribution is 5.71. The summed E-state index contributed by atoms with van der Waals surface area (Å²) in [6, 6.07) is 0. The Morgan fingerprint density at radius 3 is 0.873 bits per heavy atom. The zero-order valence-corrected chi connectivity index (χ0v) is 46.7. The molecule has 0 bridgehead atoms. The molecule has 0 aliphatic heterocycles. The minimum atomic E-state index is -0.784. The summed E-state index contributed by atoms with van der Waals surface area (Å²) in [5.41, 5.74) is 0. The smallest absolute Gasteiger partial charge is 0.306 e. The normalized spacial score (nSPS) is 12.7. The third-order valence-corrected chi connectivity index (χ3v) is 12.9. The predicted octanol–water partition coefficient (Wildman–Crippen LogP) is 20.3. The summed E-state index contributed by atoms with van der Waals surface area (Å²) < 4.78 is 16.9. The molecule has 0 rings (SSSR count). The molecule has 1 atom stereocenters. The highest BCUT2D eigenvalue weighted by Crippen LogP contribution is 2.16. The lowest BCUT2D eigenvalue weighted by Crippen LogP contribution is -2.30. The molecule has 71 heavy (non-hydrogen) atoms. The lowest BCUT2D eigenvalue weighted by Gasteiger charge is -2.18. The number of carbonyl (C=O) groups is 3. The average Bonchev–Trinajstić information content (AvgIpc) is 3.37. The van der Waals surface area contributed by atoms with Gasteiger partial charge < -0.3 is 14.2 Å². The summed E-state index contributed by atoms with van der Waals surface area (Å²) in [6.45, 7) is 6.42. The van der Waals surface area contributed by atoms with Crippen LogP contribution >= 0.6 is 0 Å². The number of hydrogen-bond acceptors (Lipinski definition) is 6. The highest BCUT2D eigenvalue weighted by atomic mass is 16.6. The van der Waals surface area contributed by atoms with E-state index in [1.165, 1.54) is 154 Å². The van der Waals surface area contributed by atoms with Gasteiger partial charge in [0.1, 0.15) is 13.2 Å². The third-order valence-electron chi connectivity index (χ3n) is 12.9. The van der Waals surface area contributed by atoms with E-state index in [-0.39, 0.29) is 31.1 Å². The van der Waals surface area contributed by atoms with Crippen LogP contribution in [0.5, 0.6) is 0 Å². The van der Waals surface area contributed by atoms with Gasteiger partial charge in [-0.3, -0.25) is 14.4 Å². The van der Waals surface area contributed by atoms with Crippen LogP contribution in [0.4, 0.5) is 0 Å². The number of rotatable bonds is 54. The van der Waals surface area contributed by atoms with Crippen LogP contribution in [0.15, 0.2) is 85.1 Å². The summed E-state index contributed by atoms with van der Waals surface area (Å²) in [6.07, 6.45) is 77.1. The van der Waals surface area contributed by atoms with E-state index >= 15 is 0 Å². The molecule has 0 aromatic heterocycles. The lowest BCUT2D eigenvalue weighted by atomic mass is 10.1. The molecule has 0 saturated carbocycles. The second kappa shape index (κ2) is 59.2. The SMILES string of the molecule is CC/C=C\C/C=C\C/C=C\CCCCCCCCCCCC(=O)OCC(COC(=O)CCCCCCCCC/C=C\CCCCCC)OC(=O)CCCCCCCCCCC/C=C\C/C=C\C/C=C\CC. The molecule has 6 nitrogen and oxygen atoms in total. The van der Waals surface area contributed by atoms with E-state index < -0.39 is 6.10 Å². The van der Waals surface area contributed by atoms with E-state index in [4.69, 9.17) is 14.2 Å². The topological polar surface area (TPSA) is 78.9 Å². The van der Waals surface area contributed by atoms with Crippen LogP contribution in [0.2, 0.25) is 0 Å². The van der Waals surface area contributed by atoms with Crippen molar-refractivity contribution in [1.82, 2.24) is 0 Å². The van der Waals surface area contributed by atoms with E-state index in [0.29, 0.717) is 19.3 Å². The van der Waals surface area contributed by atoms with Crippen LogP contribution in [0.25, 0.3) is 0 Å². The molecule has 0 heterocycles. The molecule has 0 N–H and O–H groups in total. The zero-order chi connectivity index (χ0) is 51.4. The Morgan fingerprint density at radius 1 is 0.296 bits per heavy atom. The second-order valence-corrected chi connectivity index (χ2v) is 19.8. The quantitative estimate of drug-likeness (QED) is 0.0261. The molecule has 6 heteroatoms. The first-order chi connectivity index (χ1) is 35.0. The molecule has 0 aromatic rings. The van der Waals surface area contributed by atoms with Crippen molar-refractivity contribution in [3.05, 3.63) is 85.1 Å². The molecule has 0 fully saturated rings. The van der Waals surface area contributed by atoms with E-state index in [1.54, 1.807) is 0 Å². The lowest BCUT2D eigenvalue weighted by molar-refractivity contribution is -0.167. The van der Waals surface area contributed by atoms with E-state index in [9.17, 15) is 14.4 Å². The van der Waals surface area contributed by atoms with Crippen molar-refractivity contribution in [3.8, 4) is 0 Å². The molecular weight excluding hydrogens is 877 g/mol. The maximum Gasteiger partial charge on any atom is 0.306 e. The van der Waals surface area contributed by atoms with Crippen LogP contribution in [-0.4, -0.2) is 37.2 Å². The third kappa shape index (κ3) is 57.4. The Hall–Kier alpha value is -3.41. The number of allylic oxidation sites excluding steroid dienone is 14. The molecule has 0 spiro atoms. The van der Waals surface area contributed by atoms with Gasteiger partial charge in [0.05, 0.1) is 0 Å². The van der Waals surface area contributed by atoms with Gasteiger partial charge in [-0.1, -0.05) is 247 Å². The maximum absolute atomic E-state index is 12.9. The Morgan fingerprint density at radius 2 is 0.549 bits per heavy atom. The first-order valence-corrected chi connectivity index (χ1v) is 30.1. The summed E-state index contributed by atoms with van der Waals surface area (Å²) in [5.74, 6) is -0.888. The summed E-state index contributed by atoms with van der Waals surface area (Å²) in [7, 11) is 0. The average molecular weight is 990 g/mol. The monoisotopic (exact) mass is 989 g/mol. The first-order valence-electron chi connectivity index (χ1n) is 30.1. The largest absolute Gasteiger partial charge is 0.462 e. The Labute approximate surface area is 439 Å². The minimum absolute atomic E-state index is 0.0818. The molecule has 0 aliphatic rings. The van der Waals surface area contributed by atoms with Crippen molar-refractivity contribution in [2.45, 2.75) is 297 Å². The summed E-state index contributed by atoms with van der Waals surface area (Å²) >= 11 is 0. The van der Waals surface area contributed by atoms with E-state index in [1.807, 2.05) is 0 Å². The van der Waals surface area contributed by atoms with Crippen molar-refractivity contribution < 1.29 is 28.6 Å². The Bertz CT molecular complexity index is 1370. The van der Waals surface area contributed by atoms with Gasteiger partial charge >= 0.3 is 17.9 Å². The van der Waals surface area contributed by atoms with Crippen LogP contribution < -0.4 is 0 Å². The zero-order valence-electron chi connectivity index (χ0n) is 46.7. The molecular formula is C65H112O6. The summed E-state index contributed by atoms with van der Waals surface area (Å²) in [5, 5.41) is 0. The highest BCUT2D eigenvalue weighted by Gasteiger charge is 2.19. The van der Waals surface area contributed by atoms with Gasteiger partial charge in [0.25, 0.3) is 0 Å². The van der Waals surface area contributed by atoms with Crippen molar-refractivity contribution in [2.24, 2.45) is 0 Å². The van der Waals surface area contributed by atoms with Gasteiger partial charge in [0.15, 0.2) is 6.10 Å². The predicted molar refractivity (Wildman–Crippen MR) is 307 cm³/mol. The van der Waals surface area contributed by atoms with Crippen molar-refractivity contribution in [2.75, 3.05) is 13.2 Å². The number of ether oxygens (including phenoxy) is 3. The fourth-order valence-electron chi connectivity index (χ4n) is 8.41. The van der Waals surface area contributed by atoms with Gasteiger partial charge in [-0.15, -0.1) is 0 Å². The number of hydrogen-bond donors (Lipinski definition) is 0. The van der Waals surface area contributed by atoms with Crippen molar-refractivity contribution in [3.63, 3.8) is 0 Å². The second-order valence-electron chi connectivity index (χ2n) is 19.8. The van der Waals surface area contributed by atoms with Gasteiger partial charge in [0.2, 0.25) is 0 Å². The van der Waals surface area contributed by atoms with Gasteiger partial charge in [0, 0.05) is 19.3 Å². The van der Waals surface area contributed by atoms with Crippen molar-refractivity contribution in [1.29, 1.82) is 0 Å². The molecule has 0 saturated heterocycles. The molecule has 0 aliphatic carbocycles. The van der Waals surface area contributed by atoms with Crippen LogP contribution in [0.1, 0.15) is 290 Å². The van der Waals surface area contributed by atoms with Crippen LogP contribution in [-0.2, 0) is 28.6 Å². The van der Waals surface area contributed by atoms with Gasteiger partial charge in [-0.2, -0.15) is 0 Å². The molecule has 0 aromatic carbocycles. The molecule has 0 radical (unpaired) electrons. The minimum Gasteiger partial charge on any atom is -0.462 e. The van der Waals surface area contributed by atoms with E-state index in [2.05, 4.69) is 106 Å². The fourth-order valence-corrected chi connectivity index (χ4v) is 8.41.